The molecule has 2 aromatic carbocycles. The summed E-state index contributed by atoms with van der Waals surface area (Å²) in [5.41, 5.74) is -1.12. The molecule has 0 amide bonds. The zero-order chi connectivity index (χ0) is 18.7. The van der Waals surface area contributed by atoms with E-state index in [1.54, 1.807) is 0 Å². The van der Waals surface area contributed by atoms with E-state index in [2.05, 4.69) is 0 Å². The second-order valence-corrected chi connectivity index (χ2v) is 4.68. The second kappa shape index (κ2) is 7.17. The minimum absolute atomic E-state index is 0.0233. The monoisotopic (exact) mass is 357 g/mol. The molecule has 0 saturated heterocycles. The smallest absolute Gasteiger partial charge is 0.316 e. The van der Waals surface area contributed by atoms with E-state index < -0.39 is 47.0 Å². The van der Waals surface area contributed by atoms with Crippen molar-refractivity contribution in [2.24, 2.45) is 0 Å². The Kier molecular flexibility index (Phi) is 5.22. The van der Waals surface area contributed by atoms with Crippen LogP contribution in [0, 0.1) is 40.4 Å². The third-order valence-electron chi connectivity index (χ3n) is 3.14. The van der Waals surface area contributed by atoms with Crippen molar-refractivity contribution in [3.8, 4) is 17.6 Å². The molecule has 0 bridgehead atoms. The summed E-state index contributed by atoms with van der Waals surface area (Å²) < 4.78 is 76.0. The Labute approximate surface area is 138 Å². The van der Waals surface area contributed by atoms with E-state index in [0.29, 0.717) is 0 Å². The van der Waals surface area contributed by atoms with E-state index in [1.165, 1.54) is 25.3 Å². The van der Waals surface area contributed by atoms with Crippen LogP contribution < -0.4 is 9.47 Å². The van der Waals surface area contributed by atoms with Crippen LogP contribution in [0.1, 0.15) is 11.1 Å². The average molecular weight is 357 g/mol. The van der Waals surface area contributed by atoms with Gasteiger partial charge in [-0.1, -0.05) is 0 Å². The van der Waals surface area contributed by atoms with Gasteiger partial charge in [0.1, 0.15) is 0 Å². The lowest BCUT2D eigenvalue weighted by atomic mass is 10.1. The van der Waals surface area contributed by atoms with Crippen LogP contribution in [0.25, 0.3) is 0 Å². The minimum Gasteiger partial charge on any atom is -0.493 e. The lowest BCUT2D eigenvalue weighted by molar-refractivity contribution is -0.133. The molecule has 2 aromatic rings. The highest BCUT2D eigenvalue weighted by Gasteiger charge is 2.27. The molecule has 2 rings (SSSR count). The van der Waals surface area contributed by atoms with Gasteiger partial charge in [-0.2, -0.15) is 5.26 Å². The van der Waals surface area contributed by atoms with E-state index in [4.69, 9.17) is 14.7 Å². The molecule has 25 heavy (non-hydrogen) atoms. The van der Waals surface area contributed by atoms with Crippen molar-refractivity contribution < 1.29 is 36.2 Å². The summed E-state index contributed by atoms with van der Waals surface area (Å²) in [6.07, 6.45) is -1.20. The van der Waals surface area contributed by atoms with Crippen molar-refractivity contribution in [2.75, 3.05) is 7.11 Å². The van der Waals surface area contributed by atoms with Crippen molar-refractivity contribution in [3.05, 3.63) is 58.4 Å². The van der Waals surface area contributed by atoms with Gasteiger partial charge in [-0.25, -0.2) is 22.0 Å². The molecule has 0 unspecified atom stereocenters. The van der Waals surface area contributed by atoms with Crippen molar-refractivity contribution in [1.29, 1.82) is 5.26 Å². The number of nitrogens with zero attached hydrogens (tertiary/aromatic N) is 1. The molecular weight excluding hydrogens is 349 g/mol. The van der Waals surface area contributed by atoms with Crippen LogP contribution in [0.15, 0.2) is 18.2 Å². The van der Waals surface area contributed by atoms with E-state index >= 15 is 0 Å². The number of carbonyl (C=O) groups excluding carboxylic acids is 1. The molecule has 0 fully saturated rings. The number of rotatable bonds is 4. The summed E-state index contributed by atoms with van der Waals surface area (Å²) >= 11 is 0. The molecule has 0 heterocycles. The fourth-order valence-electron chi connectivity index (χ4n) is 1.93. The Balaban J connectivity index is 2.29. The van der Waals surface area contributed by atoms with Gasteiger partial charge in [-0.15, -0.1) is 0 Å². The highest BCUT2D eigenvalue weighted by Crippen LogP contribution is 2.29. The first-order valence-electron chi connectivity index (χ1n) is 6.59. The normalized spacial score (nSPS) is 10.3. The quantitative estimate of drug-likeness (QED) is 0.277. The van der Waals surface area contributed by atoms with Crippen molar-refractivity contribution in [2.45, 2.75) is 6.42 Å². The lowest BCUT2D eigenvalue weighted by Gasteiger charge is -2.11. The van der Waals surface area contributed by atoms with Crippen LogP contribution >= 0.6 is 0 Å². The fraction of sp³-hybridized carbons (Fsp3) is 0.125. The summed E-state index contributed by atoms with van der Waals surface area (Å²) in [4.78, 5) is 11.8. The van der Waals surface area contributed by atoms with E-state index in [-0.39, 0.29) is 17.1 Å². The fourth-order valence-corrected chi connectivity index (χ4v) is 1.93. The molecule has 0 radical (unpaired) electrons. The number of methoxy groups -OCH3 is 1. The SMILES string of the molecule is COc1cc(C#N)ccc1OC(=O)Cc1c(F)c(F)c(F)c(F)c1F. The highest BCUT2D eigenvalue weighted by molar-refractivity contribution is 5.76. The zero-order valence-corrected chi connectivity index (χ0v) is 12.5. The first-order chi connectivity index (χ1) is 11.8. The number of benzene rings is 2. The maximum Gasteiger partial charge on any atom is 0.316 e. The maximum absolute atomic E-state index is 13.6. The van der Waals surface area contributed by atoms with Gasteiger partial charge in [-0.3, -0.25) is 4.79 Å². The highest BCUT2D eigenvalue weighted by atomic mass is 19.2. The largest absolute Gasteiger partial charge is 0.493 e. The van der Waals surface area contributed by atoms with Crippen LogP contribution in [0.3, 0.4) is 0 Å². The molecule has 0 atom stereocenters. The molecule has 0 aliphatic carbocycles. The summed E-state index contributed by atoms with van der Waals surface area (Å²) in [6, 6.07) is 5.52. The maximum atomic E-state index is 13.6. The van der Waals surface area contributed by atoms with Gasteiger partial charge in [-0.05, 0) is 12.1 Å². The van der Waals surface area contributed by atoms with Crippen LogP contribution in [-0.2, 0) is 11.2 Å². The van der Waals surface area contributed by atoms with Crippen LogP contribution in [-0.4, -0.2) is 13.1 Å². The number of carbonyl (C=O) groups is 1. The number of hydrogen-bond acceptors (Lipinski definition) is 4. The minimum atomic E-state index is -2.32. The molecular formula is C16H8F5NO3. The van der Waals surface area contributed by atoms with Gasteiger partial charge in [0.25, 0.3) is 0 Å². The zero-order valence-electron chi connectivity index (χ0n) is 12.5. The van der Waals surface area contributed by atoms with E-state index in [1.807, 2.05) is 6.07 Å². The molecule has 4 nitrogen and oxygen atoms in total. The topological polar surface area (TPSA) is 59.3 Å². The summed E-state index contributed by atoms with van der Waals surface area (Å²) in [6.45, 7) is 0. The van der Waals surface area contributed by atoms with Gasteiger partial charge in [0.15, 0.2) is 34.8 Å². The van der Waals surface area contributed by atoms with Crippen molar-refractivity contribution >= 4 is 5.97 Å². The number of nitriles is 1. The van der Waals surface area contributed by atoms with Crippen molar-refractivity contribution in [1.82, 2.24) is 0 Å². The van der Waals surface area contributed by atoms with Crippen LogP contribution in [0.2, 0.25) is 0 Å². The third-order valence-corrected chi connectivity index (χ3v) is 3.14. The predicted octanol–water partition coefficient (Wildman–Crippen LogP) is 3.41. The Hall–Kier alpha value is -3.15. The molecule has 130 valence electrons. The molecule has 0 aliphatic heterocycles. The third kappa shape index (κ3) is 3.52. The number of ether oxygens (including phenoxy) is 2. The standard InChI is InChI=1S/C16H8F5NO3/c1-24-10-4-7(6-22)2-3-9(10)25-11(23)5-8-12(17)14(19)16(21)15(20)13(8)18/h2-4H,5H2,1H3. The summed E-state index contributed by atoms with van der Waals surface area (Å²) in [5, 5.41) is 8.76. The lowest BCUT2D eigenvalue weighted by Crippen LogP contribution is -2.16. The first kappa shape index (κ1) is 18.2. The Bertz CT molecular complexity index is 863. The Morgan fingerprint density at radius 2 is 1.56 bits per heavy atom. The van der Waals surface area contributed by atoms with Gasteiger partial charge >= 0.3 is 5.97 Å². The van der Waals surface area contributed by atoms with E-state index in [9.17, 15) is 26.7 Å². The van der Waals surface area contributed by atoms with Gasteiger partial charge < -0.3 is 9.47 Å². The summed E-state index contributed by atoms with van der Waals surface area (Å²) in [5.74, 6) is -12.3. The van der Waals surface area contributed by atoms with E-state index in [0.717, 1.165) is 0 Å². The average Bonchev–Trinajstić information content (AvgIpc) is 2.62. The summed E-state index contributed by atoms with van der Waals surface area (Å²) in [7, 11) is 1.22. The number of halogens is 5. The van der Waals surface area contributed by atoms with Gasteiger partial charge in [0, 0.05) is 11.6 Å². The second-order valence-electron chi connectivity index (χ2n) is 4.68. The van der Waals surface area contributed by atoms with Crippen molar-refractivity contribution in [3.63, 3.8) is 0 Å². The molecule has 0 spiro atoms. The Morgan fingerprint density at radius 1 is 1.00 bits per heavy atom. The predicted molar refractivity (Wildman–Crippen MR) is 73.3 cm³/mol. The molecule has 0 aliphatic rings. The van der Waals surface area contributed by atoms with Gasteiger partial charge in [0.05, 0.1) is 25.2 Å². The van der Waals surface area contributed by atoms with Crippen LogP contribution in [0.5, 0.6) is 11.5 Å². The Morgan fingerprint density at radius 3 is 2.08 bits per heavy atom. The number of esters is 1. The first-order valence-corrected chi connectivity index (χ1v) is 6.59. The molecule has 0 aromatic heterocycles. The molecule has 0 N–H and O–H groups in total. The molecule has 9 heteroatoms. The van der Waals surface area contributed by atoms with Crippen LogP contribution in [0.4, 0.5) is 22.0 Å². The number of hydrogen-bond donors (Lipinski definition) is 0. The molecule has 0 saturated carbocycles. The van der Waals surface area contributed by atoms with Gasteiger partial charge in [0.2, 0.25) is 5.82 Å².